The quantitative estimate of drug-likeness (QED) is 0.444. The average Bonchev–Trinajstić information content (AvgIpc) is 3.20. The molecule has 1 aromatic carbocycles. The highest BCUT2D eigenvalue weighted by Crippen LogP contribution is 2.23. The second-order valence-corrected chi connectivity index (χ2v) is 9.10. The van der Waals surface area contributed by atoms with Gasteiger partial charge in [0.25, 0.3) is 0 Å². The first-order valence-corrected chi connectivity index (χ1v) is 11.3. The van der Waals surface area contributed by atoms with Gasteiger partial charge in [-0.25, -0.2) is 8.42 Å². The van der Waals surface area contributed by atoms with Gasteiger partial charge in [-0.1, -0.05) is 30.4 Å². The lowest BCUT2D eigenvalue weighted by Crippen LogP contribution is -2.43. The number of nitrogens with one attached hydrogen (secondary N) is 2. The van der Waals surface area contributed by atoms with Gasteiger partial charge < -0.3 is 10.6 Å². The van der Waals surface area contributed by atoms with Gasteiger partial charge in [-0.2, -0.15) is 4.31 Å². The molecular weight excluding hydrogens is 360 g/mol. The van der Waals surface area contributed by atoms with Crippen molar-refractivity contribution in [3.63, 3.8) is 0 Å². The first-order valence-electron chi connectivity index (χ1n) is 9.84. The molecule has 0 aromatic heterocycles. The van der Waals surface area contributed by atoms with E-state index in [9.17, 15) is 8.42 Å². The summed E-state index contributed by atoms with van der Waals surface area (Å²) in [7, 11) is -3.38. The highest BCUT2D eigenvalue weighted by atomic mass is 32.2. The van der Waals surface area contributed by atoms with Gasteiger partial charge in [-0.3, -0.25) is 4.99 Å². The third kappa shape index (κ3) is 5.32. The smallest absolute Gasteiger partial charge is 0.243 e. The Morgan fingerprint density at radius 3 is 2.44 bits per heavy atom. The molecule has 1 aromatic rings. The molecule has 7 heteroatoms. The summed E-state index contributed by atoms with van der Waals surface area (Å²) >= 11 is 0. The Hall–Kier alpha value is -1.86. The van der Waals surface area contributed by atoms with Crippen molar-refractivity contribution >= 4 is 16.0 Å². The fourth-order valence-electron chi connectivity index (χ4n) is 3.54. The number of rotatable bonds is 6. The molecule has 148 valence electrons. The van der Waals surface area contributed by atoms with Crippen molar-refractivity contribution < 1.29 is 8.42 Å². The number of nitrogens with zero attached hydrogens (tertiary/aromatic N) is 2. The summed E-state index contributed by atoms with van der Waals surface area (Å²) in [5.41, 5.74) is 0. The van der Waals surface area contributed by atoms with E-state index < -0.39 is 10.0 Å². The predicted octanol–water partition coefficient (Wildman–Crippen LogP) is 2.36. The van der Waals surface area contributed by atoms with Crippen LogP contribution in [0.25, 0.3) is 0 Å². The highest BCUT2D eigenvalue weighted by Gasteiger charge is 2.29. The highest BCUT2D eigenvalue weighted by molar-refractivity contribution is 7.89. The molecule has 0 bridgehead atoms. The van der Waals surface area contributed by atoms with E-state index in [0.717, 1.165) is 44.7 Å². The fraction of sp³-hybridized carbons (Fsp3) is 0.550. The first-order chi connectivity index (χ1) is 13.1. The Kier molecular flexibility index (Phi) is 6.90. The standard InChI is InChI=1S/C20H30N4O2S/c1-2-21-20(23-18-8-6-7-9-18)22-16-17-12-14-24(15-13-17)27(25,26)19-10-4-3-5-11-19/h3-7,10-11,17-18H,2,8-9,12-16H2,1H3,(H2,21,22,23). The summed E-state index contributed by atoms with van der Waals surface area (Å²) in [4.78, 5) is 5.12. The molecule has 6 nitrogen and oxygen atoms in total. The molecule has 0 spiro atoms. The maximum atomic E-state index is 12.7. The zero-order valence-electron chi connectivity index (χ0n) is 16.0. The van der Waals surface area contributed by atoms with Crippen molar-refractivity contribution in [2.24, 2.45) is 10.9 Å². The lowest BCUT2D eigenvalue weighted by atomic mass is 9.98. The molecule has 1 heterocycles. The number of guanidine groups is 1. The topological polar surface area (TPSA) is 73.8 Å². The Morgan fingerprint density at radius 1 is 1.15 bits per heavy atom. The Labute approximate surface area is 162 Å². The van der Waals surface area contributed by atoms with Gasteiger partial charge in [-0.05, 0) is 50.7 Å². The molecule has 0 unspecified atom stereocenters. The zero-order chi connectivity index (χ0) is 19.1. The zero-order valence-corrected chi connectivity index (χ0v) is 16.8. The summed E-state index contributed by atoms with van der Waals surface area (Å²) in [6, 6.07) is 9.13. The molecule has 27 heavy (non-hydrogen) atoms. The van der Waals surface area contributed by atoms with E-state index in [-0.39, 0.29) is 0 Å². The van der Waals surface area contributed by atoms with E-state index in [4.69, 9.17) is 4.99 Å². The minimum Gasteiger partial charge on any atom is -0.357 e. The van der Waals surface area contributed by atoms with E-state index in [2.05, 4.69) is 29.7 Å². The van der Waals surface area contributed by atoms with E-state index in [0.29, 0.717) is 29.9 Å². The number of sulfonamides is 1. The summed E-state index contributed by atoms with van der Waals surface area (Å²) in [5, 5.41) is 6.79. The van der Waals surface area contributed by atoms with Gasteiger partial charge in [0.15, 0.2) is 5.96 Å². The van der Waals surface area contributed by atoms with Crippen LogP contribution in [0.15, 0.2) is 52.4 Å². The van der Waals surface area contributed by atoms with Crippen molar-refractivity contribution in [1.82, 2.24) is 14.9 Å². The molecule has 0 radical (unpaired) electrons. The second kappa shape index (κ2) is 9.37. The third-order valence-electron chi connectivity index (χ3n) is 5.16. The van der Waals surface area contributed by atoms with Gasteiger partial charge in [-0.15, -0.1) is 0 Å². The lowest BCUT2D eigenvalue weighted by Gasteiger charge is -2.30. The van der Waals surface area contributed by atoms with Gasteiger partial charge in [0.2, 0.25) is 10.0 Å². The van der Waals surface area contributed by atoms with Crippen molar-refractivity contribution in [1.29, 1.82) is 0 Å². The molecular formula is C20H30N4O2S. The normalized spacial score (nSPS) is 20.1. The van der Waals surface area contributed by atoms with Crippen molar-refractivity contribution in [2.45, 2.75) is 43.5 Å². The van der Waals surface area contributed by atoms with E-state index in [1.54, 1.807) is 28.6 Å². The second-order valence-electron chi connectivity index (χ2n) is 7.16. The molecule has 1 fully saturated rings. The maximum absolute atomic E-state index is 12.7. The SMILES string of the molecule is CCNC(=NCC1CCN(S(=O)(=O)c2ccccc2)CC1)NC1CC=CC1. The van der Waals surface area contributed by atoms with Crippen molar-refractivity contribution in [3.8, 4) is 0 Å². The monoisotopic (exact) mass is 390 g/mol. The van der Waals surface area contributed by atoms with Crippen LogP contribution >= 0.6 is 0 Å². The van der Waals surface area contributed by atoms with Gasteiger partial charge in [0.05, 0.1) is 4.90 Å². The summed E-state index contributed by atoms with van der Waals surface area (Å²) < 4.78 is 27.0. The molecule has 1 aliphatic heterocycles. The van der Waals surface area contributed by atoms with Crippen LogP contribution in [-0.2, 0) is 10.0 Å². The molecule has 1 saturated heterocycles. The molecule has 2 N–H and O–H groups in total. The molecule has 0 atom stereocenters. The van der Waals surface area contributed by atoms with Gasteiger partial charge in [0.1, 0.15) is 0 Å². The molecule has 0 amide bonds. The Balaban J connectivity index is 1.52. The van der Waals surface area contributed by atoms with Gasteiger partial charge in [0, 0.05) is 32.2 Å². The van der Waals surface area contributed by atoms with Crippen LogP contribution in [0, 0.1) is 5.92 Å². The minimum absolute atomic E-state index is 0.380. The van der Waals surface area contributed by atoms with Crippen LogP contribution in [0.5, 0.6) is 0 Å². The van der Waals surface area contributed by atoms with Crippen LogP contribution in [0.2, 0.25) is 0 Å². The maximum Gasteiger partial charge on any atom is 0.243 e. The first kappa shape index (κ1) is 19.9. The number of benzene rings is 1. The van der Waals surface area contributed by atoms with E-state index in [1.165, 1.54) is 0 Å². The van der Waals surface area contributed by atoms with E-state index >= 15 is 0 Å². The minimum atomic E-state index is -3.38. The number of piperidine rings is 1. The van der Waals surface area contributed by atoms with Crippen molar-refractivity contribution in [2.75, 3.05) is 26.2 Å². The van der Waals surface area contributed by atoms with E-state index in [1.807, 2.05) is 6.07 Å². The number of aliphatic imine (C=N–C) groups is 1. The Morgan fingerprint density at radius 2 is 1.81 bits per heavy atom. The van der Waals surface area contributed by atoms with Crippen LogP contribution < -0.4 is 10.6 Å². The molecule has 1 aliphatic carbocycles. The molecule has 2 aliphatic rings. The largest absolute Gasteiger partial charge is 0.357 e. The summed E-state index contributed by atoms with van der Waals surface area (Å²) in [5.74, 6) is 1.29. The van der Waals surface area contributed by atoms with Crippen molar-refractivity contribution in [3.05, 3.63) is 42.5 Å². The lowest BCUT2D eigenvalue weighted by molar-refractivity contribution is 0.278. The predicted molar refractivity (Wildman–Crippen MR) is 109 cm³/mol. The van der Waals surface area contributed by atoms with Crippen LogP contribution in [0.4, 0.5) is 0 Å². The molecule has 0 saturated carbocycles. The average molecular weight is 391 g/mol. The van der Waals surface area contributed by atoms with Crippen LogP contribution in [0.3, 0.4) is 0 Å². The summed E-state index contributed by atoms with van der Waals surface area (Å²) in [6.45, 7) is 4.76. The molecule has 3 rings (SSSR count). The van der Waals surface area contributed by atoms with Gasteiger partial charge >= 0.3 is 0 Å². The Bertz CT molecular complexity index is 745. The van der Waals surface area contributed by atoms with Crippen LogP contribution in [-0.4, -0.2) is 50.9 Å². The summed E-state index contributed by atoms with van der Waals surface area (Å²) in [6.07, 6.45) is 8.18. The fourth-order valence-corrected chi connectivity index (χ4v) is 5.03. The van der Waals surface area contributed by atoms with Crippen LogP contribution in [0.1, 0.15) is 32.6 Å². The number of hydrogen-bond acceptors (Lipinski definition) is 3. The third-order valence-corrected chi connectivity index (χ3v) is 7.07. The number of hydrogen-bond donors (Lipinski definition) is 2.